The molecule has 5 nitrogen and oxygen atoms in total. The van der Waals surface area contributed by atoms with Gasteiger partial charge in [-0.25, -0.2) is 0 Å². The molecule has 0 unspecified atom stereocenters. The van der Waals surface area contributed by atoms with Crippen LogP contribution in [0.1, 0.15) is 5.56 Å². The Morgan fingerprint density at radius 2 is 1.95 bits per heavy atom. The fourth-order valence-electron chi connectivity index (χ4n) is 2.20. The van der Waals surface area contributed by atoms with Gasteiger partial charge in [-0.3, -0.25) is 0 Å². The van der Waals surface area contributed by atoms with Crippen molar-refractivity contribution in [1.29, 1.82) is 0 Å². The SMILES string of the molecule is COCCOc1cccc(CNc2ccc3c(c2)OCO3)c1. The van der Waals surface area contributed by atoms with Gasteiger partial charge in [-0.15, -0.1) is 0 Å². The Bertz CT molecular complexity index is 630. The van der Waals surface area contributed by atoms with Gasteiger partial charge >= 0.3 is 0 Å². The lowest BCUT2D eigenvalue weighted by molar-refractivity contribution is 0.146. The smallest absolute Gasteiger partial charge is 0.231 e. The van der Waals surface area contributed by atoms with Gasteiger partial charge in [0.25, 0.3) is 0 Å². The number of rotatable bonds is 7. The number of nitrogens with one attached hydrogen (secondary N) is 1. The highest BCUT2D eigenvalue weighted by molar-refractivity contribution is 5.55. The highest BCUT2D eigenvalue weighted by atomic mass is 16.7. The number of ether oxygens (including phenoxy) is 4. The molecule has 0 saturated heterocycles. The lowest BCUT2D eigenvalue weighted by Gasteiger charge is -2.10. The normalized spacial score (nSPS) is 12.2. The summed E-state index contributed by atoms with van der Waals surface area (Å²) in [7, 11) is 1.66. The summed E-state index contributed by atoms with van der Waals surface area (Å²) in [4.78, 5) is 0. The predicted molar refractivity (Wildman–Crippen MR) is 83.7 cm³/mol. The van der Waals surface area contributed by atoms with Crippen molar-refractivity contribution in [3.63, 3.8) is 0 Å². The van der Waals surface area contributed by atoms with E-state index in [2.05, 4.69) is 11.4 Å². The van der Waals surface area contributed by atoms with E-state index in [1.807, 2.05) is 36.4 Å². The van der Waals surface area contributed by atoms with E-state index in [-0.39, 0.29) is 0 Å². The van der Waals surface area contributed by atoms with E-state index in [1.165, 1.54) is 0 Å². The fraction of sp³-hybridized carbons (Fsp3) is 0.294. The van der Waals surface area contributed by atoms with Gasteiger partial charge in [0.15, 0.2) is 11.5 Å². The summed E-state index contributed by atoms with van der Waals surface area (Å²) in [6, 6.07) is 13.8. The molecule has 0 aromatic heterocycles. The Labute approximate surface area is 129 Å². The predicted octanol–water partition coefficient (Wildman–Crippen LogP) is 3.05. The number of hydrogen-bond acceptors (Lipinski definition) is 5. The first-order chi connectivity index (χ1) is 10.8. The number of benzene rings is 2. The largest absolute Gasteiger partial charge is 0.491 e. The standard InChI is InChI=1S/C17H19NO4/c1-19-7-8-20-15-4-2-3-13(9-15)11-18-14-5-6-16-17(10-14)22-12-21-16/h2-6,9-10,18H,7-8,11-12H2,1H3. The zero-order valence-electron chi connectivity index (χ0n) is 12.5. The maximum absolute atomic E-state index is 5.61. The van der Waals surface area contributed by atoms with Crippen molar-refractivity contribution in [2.45, 2.75) is 6.54 Å². The van der Waals surface area contributed by atoms with Crippen LogP contribution in [0.2, 0.25) is 0 Å². The molecule has 0 amide bonds. The number of methoxy groups -OCH3 is 1. The average molecular weight is 301 g/mol. The summed E-state index contributed by atoms with van der Waals surface area (Å²) < 4.78 is 21.3. The van der Waals surface area contributed by atoms with E-state index in [4.69, 9.17) is 18.9 Å². The van der Waals surface area contributed by atoms with Gasteiger partial charge in [-0.05, 0) is 29.8 Å². The van der Waals surface area contributed by atoms with Gasteiger partial charge in [-0.2, -0.15) is 0 Å². The van der Waals surface area contributed by atoms with Crippen LogP contribution in [-0.2, 0) is 11.3 Å². The van der Waals surface area contributed by atoms with Crippen LogP contribution in [0.15, 0.2) is 42.5 Å². The maximum Gasteiger partial charge on any atom is 0.231 e. The molecule has 0 fully saturated rings. The molecule has 0 aliphatic carbocycles. The molecule has 2 aromatic rings. The monoisotopic (exact) mass is 301 g/mol. The number of hydrogen-bond donors (Lipinski definition) is 1. The topological polar surface area (TPSA) is 49.0 Å². The molecule has 5 heteroatoms. The zero-order valence-corrected chi connectivity index (χ0v) is 12.5. The van der Waals surface area contributed by atoms with Crippen molar-refractivity contribution in [2.75, 3.05) is 32.4 Å². The molecule has 0 bridgehead atoms. The van der Waals surface area contributed by atoms with Crippen LogP contribution < -0.4 is 19.5 Å². The summed E-state index contributed by atoms with van der Waals surface area (Å²) in [6.45, 7) is 2.13. The summed E-state index contributed by atoms with van der Waals surface area (Å²) in [5.41, 5.74) is 2.14. The van der Waals surface area contributed by atoms with Crippen molar-refractivity contribution in [2.24, 2.45) is 0 Å². The van der Waals surface area contributed by atoms with E-state index in [9.17, 15) is 0 Å². The zero-order chi connectivity index (χ0) is 15.2. The summed E-state index contributed by atoms with van der Waals surface area (Å²) in [5.74, 6) is 2.42. The Kier molecular flexibility index (Phi) is 4.65. The van der Waals surface area contributed by atoms with Crippen LogP contribution in [0.4, 0.5) is 5.69 Å². The second-order valence-corrected chi connectivity index (χ2v) is 4.91. The highest BCUT2D eigenvalue weighted by Crippen LogP contribution is 2.34. The van der Waals surface area contributed by atoms with E-state index < -0.39 is 0 Å². The van der Waals surface area contributed by atoms with Crippen molar-refractivity contribution in [3.05, 3.63) is 48.0 Å². The molecule has 2 aromatic carbocycles. The minimum absolute atomic E-state index is 0.291. The van der Waals surface area contributed by atoms with Gasteiger partial charge in [0.1, 0.15) is 12.4 Å². The van der Waals surface area contributed by atoms with Gasteiger partial charge in [0, 0.05) is 25.4 Å². The minimum Gasteiger partial charge on any atom is -0.491 e. The van der Waals surface area contributed by atoms with Gasteiger partial charge in [0.05, 0.1) is 6.61 Å². The molecule has 3 rings (SSSR count). The highest BCUT2D eigenvalue weighted by Gasteiger charge is 2.12. The second kappa shape index (κ2) is 7.04. The molecule has 1 aliphatic rings. The summed E-state index contributed by atoms with van der Waals surface area (Å²) >= 11 is 0. The van der Waals surface area contributed by atoms with Crippen LogP contribution in [0.25, 0.3) is 0 Å². The third-order valence-electron chi connectivity index (χ3n) is 3.32. The van der Waals surface area contributed by atoms with Crippen molar-refractivity contribution >= 4 is 5.69 Å². The Morgan fingerprint density at radius 1 is 1.05 bits per heavy atom. The van der Waals surface area contributed by atoms with Gasteiger partial charge in [0.2, 0.25) is 6.79 Å². The number of anilines is 1. The molecule has 22 heavy (non-hydrogen) atoms. The van der Waals surface area contributed by atoms with Gasteiger partial charge < -0.3 is 24.3 Å². The third-order valence-corrected chi connectivity index (χ3v) is 3.32. The summed E-state index contributed by atoms with van der Waals surface area (Å²) in [5, 5.41) is 3.37. The first-order valence-corrected chi connectivity index (χ1v) is 7.19. The number of fused-ring (bicyclic) bond motifs is 1. The van der Waals surface area contributed by atoms with Crippen LogP contribution >= 0.6 is 0 Å². The lowest BCUT2D eigenvalue weighted by Crippen LogP contribution is -2.05. The molecule has 0 atom stereocenters. The van der Waals surface area contributed by atoms with Crippen LogP contribution in [0.5, 0.6) is 17.2 Å². The molecule has 1 heterocycles. The molecule has 1 N–H and O–H groups in total. The average Bonchev–Trinajstić information content (AvgIpc) is 3.01. The molecular formula is C17H19NO4. The van der Waals surface area contributed by atoms with E-state index >= 15 is 0 Å². The molecule has 0 saturated carbocycles. The maximum atomic E-state index is 5.61. The summed E-state index contributed by atoms with van der Waals surface area (Å²) in [6.07, 6.45) is 0. The lowest BCUT2D eigenvalue weighted by atomic mass is 10.2. The second-order valence-electron chi connectivity index (χ2n) is 4.91. The molecule has 0 spiro atoms. The van der Waals surface area contributed by atoms with E-state index in [0.717, 1.165) is 28.5 Å². The minimum atomic E-state index is 0.291. The van der Waals surface area contributed by atoms with Crippen LogP contribution in [-0.4, -0.2) is 27.1 Å². The van der Waals surface area contributed by atoms with Crippen LogP contribution in [0, 0.1) is 0 Å². The van der Waals surface area contributed by atoms with Crippen LogP contribution in [0.3, 0.4) is 0 Å². The van der Waals surface area contributed by atoms with Gasteiger partial charge in [-0.1, -0.05) is 12.1 Å². The Morgan fingerprint density at radius 3 is 2.86 bits per heavy atom. The molecular weight excluding hydrogens is 282 g/mol. The fourth-order valence-corrected chi connectivity index (χ4v) is 2.20. The van der Waals surface area contributed by atoms with Crippen molar-refractivity contribution < 1.29 is 18.9 Å². The van der Waals surface area contributed by atoms with Crippen molar-refractivity contribution in [3.8, 4) is 17.2 Å². The Balaban J connectivity index is 1.58. The molecule has 1 aliphatic heterocycles. The first-order valence-electron chi connectivity index (χ1n) is 7.19. The first kappa shape index (κ1) is 14.5. The van der Waals surface area contributed by atoms with E-state index in [0.29, 0.717) is 26.6 Å². The van der Waals surface area contributed by atoms with E-state index in [1.54, 1.807) is 7.11 Å². The Hall–Kier alpha value is -2.40. The molecule has 0 radical (unpaired) electrons. The quantitative estimate of drug-likeness (QED) is 0.797. The molecule has 116 valence electrons. The van der Waals surface area contributed by atoms with Crippen molar-refractivity contribution in [1.82, 2.24) is 0 Å². The third kappa shape index (κ3) is 3.62.